The first-order valence-corrected chi connectivity index (χ1v) is 6.29. The lowest BCUT2D eigenvalue weighted by Crippen LogP contribution is -2.32. The summed E-state index contributed by atoms with van der Waals surface area (Å²) in [5.74, 6) is -1.98. The summed E-state index contributed by atoms with van der Waals surface area (Å²) >= 11 is 5.51. The molecule has 21 heavy (non-hydrogen) atoms. The van der Waals surface area contributed by atoms with Gasteiger partial charge >= 0.3 is 6.18 Å². The second kappa shape index (κ2) is 4.52. The first kappa shape index (κ1) is 14.0. The van der Waals surface area contributed by atoms with Crippen LogP contribution < -0.4 is 4.90 Å². The molecule has 0 aromatic heterocycles. The van der Waals surface area contributed by atoms with E-state index in [9.17, 15) is 22.8 Å². The number of azo groups is 1. The van der Waals surface area contributed by atoms with E-state index in [1.54, 1.807) is 0 Å². The monoisotopic (exact) mass is 317 g/mol. The van der Waals surface area contributed by atoms with E-state index in [-0.39, 0.29) is 12.2 Å². The van der Waals surface area contributed by atoms with E-state index < -0.39 is 40.5 Å². The molecule has 1 aromatic rings. The number of rotatable bonds is 1. The van der Waals surface area contributed by atoms with E-state index in [1.165, 1.54) is 6.07 Å². The number of hydrogen-bond acceptors (Lipinski definition) is 4. The molecular weight excluding hydrogens is 311 g/mol. The van der Waals surface area contributed by atoms with Crippen molar-refractivity contribution in [2.24, 2.45) is 16.1 Å². The molecule has 1 aromatic carbocycles. The van der Waals surface area contributed by atoms with Crippen LogP contribution in [0.3, 0.4) is 0 Å². The molecule has 1 fully saturated rings. The normalized spacial score (nSPS) is 24.9. The zero-order valence-corrected chi connectivity index (χ0v) is 11.0. The van der Waals surface area contributed by atoms with Crippen LogP contribution in [0.15, 0.2) is 28.4 Å². The third-order valence-corrected chi connectivity index (χ3v) is 3.72. The van der Waals surface area contributed by atoms with Gasteiger partial charge in [-0.05, 0) is 18.2 Å². The molecule has 2 heterocycles. The summed E-state index contributed by atoms with van der Waals surface area (Å²) in [6.07, 6.45) is -4.67. The van der Waals surface area contributed by atoms with Crippen molar-refractivity contribution in [3.05, 3.63) is 28.8 Å². The highest BCUT2D eigenvalue weighted by Crippen LogP contribution is 2.39. The Morgan fingerprint density at radius 3 is 2.57 bits per heavy atom. The average Bonchev–Trinajstić information content (AvgIpc) is 2.95. The number of halogens is 4. The van der Waals surface area contributed by atoms with Gasteiger partial charge in [0.15, 0.2) is 6.04 Å². The van der Waals surface area contributed by atoms with E-state index in [0.29, 0.717) is 6.07 Å². The van der Waals surface area contributed by atoms with Crippen molar-refractivity contribution in [1.29, 1.82) is 0 Å². The molecule has 3 rings (SSSR count). The average molecular weight is 318 g/mol. The van der Waals surface area contributed by atoms with Gasteiger partial charge in [-0.3, -0.25) is 9.59 Å². The Labute approximate surface area is 121 Å². The molecule has 0 saturated carbocycles. The van der Waals surface area contributed by atoms with Crippen LogP contribution in [-0.2, 0) is 15.8 Å². The predicted molar refractivity (Wildman–Crippen MR) is 65.9 cm³/mol. The molecule has 2 aliphatic heterocycles. The van der Waals surface area contributed by atoms with E-state index in [4.69, 9.17) is 11.6 Å². The summed E-state index contributed by atoms with van der Waals surface area (Å²) in [6.45, 7) is 0.0749. The number of alkyl halides is 3. The minimum absolute atomic E-state index is 0.0749. The van der Waals surface area contributed by atoms with Crippen molar-refractivity contribution in [3.8, 4) is 0 Å². The van der Waals surface area contributed by atoms with Gasteiger partial charge in [0.1, 0.15) is 0 Å². The Kier molecular flexibility index (Phi) is 3.01. The summed E-state index contributed by atoms with van der Waals surface area (Å²) < 4.78 is 38.5. The Hall–Kier alpha value is -1.96. The number of fused-ring (bicyclic) bond motifs is 1. The number of anilines is 1. The van der Waals surface area contributed by atoms with Crippen LogP contribution in [0.5, 0.6) is 0 Å². The summed E-state index contributed by atoms with van der Waals surface area (Å²) in [4.78, 5) is 24.9. The molecule has 0 unspecified atom stereocenters. The number of imide groups is 1. The SMILES string of the molecule is O=C1[C@@H]2CN=N[C@H]2C(=O)N1c1ccc(Cl)c(C(F)(F)F)c1. The van der Waals surface area contributed by atoms with Gasteiger partial charge in [0.25, 0.3) is 5.91 Å². The number of benzene rings is 1. The zero-order chi connectivity index (χ0) is 15.4. The van der Waals surface area contributed by atoms with Crippen LogP contribution in [0.4, 0.5) is 18.9 Å². The van der Waals surface area contributed by atoms with Gasteiger partial charge in [-0.1, -0.05) is 11.6 Å². The summed E-state index contributed by atoms with van der Waals surface area (Å²) in [5, 5.41) is 6.79. The molecule has 0 bridgehead atoms. The topological polar surface area (TPSA) is 62.1 Å². The second-order valence-corrected chi connectivity index (χ2v) is 5.07. The molecular formula is C12H7ClF3N3O2. The minimum atomic E-state index is -4.67. The third kappa shape index (κ3) is 2.10. The van der Waals surface area contributed by atoms with Gasteiger partial charge in [0.2, 0.25) is 5.91 Å². The van der Waals surface area contributed by atoms with Gasteiger partial charge in [-0.2, -0.15) is 23.4 Å². The fourth-order valence-electron chi connectivity index (χ4n) is 2.37. The van der Waals surface area contributed by atoms with Crippen LogP contribution in [0, 0.1) is 5.92 Å². The van der Waals surface area contributed by atoms with Crippen LogP contribution in [-0.4, -0.2) is 24.4 Å². The second-order valence-electron chi connectivity index (χ2n) is 4.66. The molecule has 5 nitrogen and oxygen atoms in total. The molecule has 2 aliphatic rings. The van der Waals surface area contributed by atoms with Gasteiger partial charge in [0.05, 0.1) is 28.7 Å². The number of carbonyl (C=O) groups excluding carboxylic acids is 2. The fraction of sp³-hybridized carbons (Fsp3) is 0.333. The Morgan fingerprint density at radius 1 is 1.24 bits per heavy atom. The van der Waals surface area contributed by atoms with Crippen LogP contribution >= 0.6 is 11.6 Å². The molecule has 0 N–H and O–H groups in total. The third-order valence-electron chi connectivity index (χ3n) is 3.39. The quantitative estimate of drug-likeness (QED) is 0.748. The Balaban J connectivity index is 2.04. The van der Waals surface area contributed by atoms with Crippen molar-refractivity contribution >= 4 is 29.1 Å². The van der Waals surface area contributed by atoms with Crippen molar-refractivity contribution in [1.82, 2.24) is 0 Å². The van der Waals surface area contributed by atoms with Crippen LogP contribution in [0.1, 0.15) is 5.56 Å². The fourth-order valence-corrected chi connectivity index (χ4v) is 2.59. The molecule has 1 saturated heterocycles. The van der Waals surface area contributed by atoms with Crippen molar-refractivity contribution < 1.29 is 22.8 Å². The number of amides is 2. The number of hydrogen-bond donors (Lipinski definition) is 0. The summed E-state index contributed by atoms with van der Waals surface area (Å²) in [5.41, 5.74) is -1.26. The van der Waals surface area contributed by atoms with E-state index in [2.05, 4.69) is 10.2 Å². The van der Waals surface area contributed by atoms with Gasteiger partial charge in [-0.25, -0.2) is 4.90 Å². The zero-order valence-electron chi connectivity index (χ0n) is 10.3. The van der Waals surface area contributed by atoms with E-state index in [0.717, 1.165) is 11.0 Å². The molecule has 0 aliphatic carbocycles. The van der Waals surface area contributed by atoms with Crippen LogP contribution in [0.25, 0.3) is 0 Å². The number of nitrogens with zero attached hydrogens (tertiary/aromatic N) is 3. The molecule has 110 valence electrons. The Morgan fingerprint density at radius 2 is 1.95 bits per heavy atom. The molecule has 0 radical (unpaired) electrons. The maximum absolute atomic E-state index is 12.8. The van der Waals surface area contributed by atoms with Crippen LogP contribution in [0.2, 0.25) is 5.02 Å². The van der Waals surface area contributed by atoms with Crippen molar-refractivity contribution in [2.45, 2.75) is 12.2 Å². The lowest BCUT2D eigenvalue weighted by molar-refractivity contribution is -0.137. The lowest BCUT2D eigenvalue weighted by Gasteiger charge is -2.17. The molecule has 9 heteroatoms. The van der Waals surface area contributed by atoms with Gasteiger partial charge in [0, 0.05) is 0 Å². The summed E-state index contributed by atoms with van der Waals surface area (Å²) in [6, 6.07) is 1.97. The standard InChI is InChI=1S/C12H7ClF3N3O2/c13-8-2-1-5(3-7(8)12(14,15)16)19-10(20)6-4-17-18-9(6)11(19)21/h1-3,6,9H,4H2/t6-,9-/m1/s1. The van der Waals surface area contributed by atoms with Gasteiger partial charge in [-0.15, -0.1) is 0 Å². The first-order chi connectivity index (χ1) is 9.80. The molecule has 0 spiro atoms. The van der Waals surface area contributed by atoms with Gasteiger partial charge < -0.3 is 0 Å². The highest BCUT2D eigenvalue weighted by Gasteiger charge is 2.51. The summed E-state index contributed by atoms with van der Waals surface area (Å²) in [7, 11) is 0. The van der Waals surface area contributed by atoms with Crippen molar-refractivity contribution in [2.75, 3.05) is 11.4 Å². The minimum Gasteiger partial charge on any atom is -0.274 e. The van der Waals surface area contributed by atoms with E-state index >= 15 is 0 Å². The van der Waals surface area contributed by atoms with E-state index in [1.807, 2.05) is 0 Å². The van der Waals surface area contributed by atoms with Crippen molar-refractivity contribution in [3.63, 3.8) is 0 Å². The molecule has 2 amide bonds. The highest BCUT2D eigenvalue weighted by molar-refractivity contribution is 6.31. The maximum Gasteiger partial charge on any atom is 0.417 e. The Bertz CT molecular complexity index is 674. The largest absolute Gasteiger partial charge is 0.417 e. The molecule has 2 atom stereocenters. The predicted octanol–water partition coefficient (Wildman–Crippen LogP) is 2.68. The first-order valence-electron chi connectivity index (χ1n) is 5.92. The smallest absolute Gasteiger partial charge is 0.274 e. The maximum atomic E-state index is 12.8. The highest BCUT2D eigenvalue weighted by atomic mass is 35.5. The lowest BCUT2D eigenvalue weighted by atomic mass is 10.1. The number of carbonyl (C=O) groups is 2.